The van der Waals surface area contributed by atoms with Gasteiger partial charge in [-0.15, -0.1) is 0 Å². The van der Waals surface area contributed by atoms with Gasteiger partial charge in [-0.1, -0.05) is 35.0 Å². The average molecular weight is 484 g/mol. The SMILES string of the molecule is Cc1noc(C)c1-c1ccc2c(c1)nc(CCc1ccc(Cl)cc1)n2C1CCS(=O)(=O)CC1. The first-order chi connectivity index (χ1) is 15.8. The lowest BCUT2D eigenvalue weighted by Gasteiger charge is -2.26. The van der Waals surface area contributed by atoms with E-state index in [1.54, 1.807) is 0 Å². The summed E-state index contributed by atoms with van der Waals surface area (Å²) in [4.78, 5) is 5.02. The standard InChI is InChI=1S/C25H26ClN3O3S/c1-16-25(17(2)32-28-16)19-6-9-23-22(15-19)27-24(10-5-18-3-7-20(26)8-4-18)29(23)21-11-13-33(30,31)14-12-21/h3-4,6-9,15,21H,5,10-14H2,1-2H3. The largest absolute Gasteiger partial charge is 0.361 e. The molecule has 0 bridgehead atoms. The molecule has 8 heteroatoms. The van der Waals surface area contributed by atoms with Crippen molar-refractivity contribution in [1.29, 1.82) is 0 Å². The Morgan fingerprint density at radius 2 is 1.79 bits per heavy atom. The molecule has 0 saturated carbocycles. The second-order valence-corrected chi connectivity index (χ2v) is 11.6. The molecule has 0 aliphatic carbocycles. The molecule has 33 heavy (non-hydrogen) atoms. The summed E-state index contributed by atoms with van der Waals surface area (Å²) in [7, 11) is -2.94. The lowest BCUT2D eigenvalue weighted by atomic mass is 10.0. The Morgan fingerprint density at radius 1 is 1.06 bits per heavy atom. The zero-order chi connectivity index (χ0) is 23.2. The van der Waals surface area contributed by atoms with Gasteiger partial charge in [0.25, 0.3) is 0 Å². The fourth-order valence-electron chi connectivity index (χ4n) is 4.83. The number of benzene rings is 2. The third-order valence-corrected chi connectivity index (χ3v) is 8.49. The van der Waals surface area contributed by atoms with Crippen molar-refractivity contribution in [2.45, 2.75) is 45.6 Å². The Hall–Kier alpha value is -2.64. The molecule has 0 amide bonds. The molecule has 4 aromatic rings. The zero-order valence-electron chi connectivity index (χ0n) is 18.7. The van der Waals surface area contributed by atoms with Crippen LogP contribution in [0.1, 0.15) is 41.7 Å². The van der Waals surface area contributed by atoms with Crippen molar-refractivity contribution >= 4 is 32.5 Å². The van der Waals surface area contributed by atoms with Gasteiger partial charge in [-0.3, -0.25) is 0 Å². The topological polar surface area (TPSA) is 78.0 Å². The van der Waals surface area contributed by atoms with Crippen LogP contribution in [0.15, 0.2) is 47.0 Å². The molecule has 2 aromatic heterocycles. The molecule has 1 fully saturated rings. The number of aryl methyl sites for hydroxylation is 4. The van der Waals surface area contributed by atoms with Crippen LogP contribution in [-0.2, 0) is 22.7 Å². The van der Waals surface area contributed by atoms with Gasteiger partial charge < -0.3 is 9.09 Å². The van der Waals surface area contributed by atoms with E-state index in [0.29, 0.717) is 12.8 Å². The van der Waals surface area contributed by atoms with E-state index in [9.17, 15) is 8.42 Å². The molecule has 172 valence electrons. The summed E-state index contributed by atoms with van der Waals surface area (Å²) < 4.78 is 31.7. The highest BCUT2D eigenvalue weighted by atomic mass is 35.5. The monoisotopic (exact) mass is 483 g/mol. The summed E-state index contributed by atoms with van der Waals surface area (Å²) in [6.07, 6.45) is 2.84. The summed E-state index contributed by atoms with van der Waals surface area (Å²) in [5.74, 6) is 2.22. The molecular formula is C25H26ClN3O3S. The maximum atomic E-state index is 12.0. The highest BCUT2D eigenvalue weighted by Gasteiger charge is 2.28. The number of hydrogen-bond acceptors (Lipinski definition) is 5. The van der Waals surface area contributed by atoms with Crippen LogP contribution in [0.25, 0.3) is 22.2 Å². The fourth-order valence-corrected chi connectivity index (χ4v) is 6.42. The van der Waals surface area contributed by atoms with Gasteiger partial charge in [-0.05, 0) is 68.5 Å². The number of fused-ring (bicyclic) bond motifs is 1. The molecule has 2 aromatic carbocycles. The molecule has 1 aliphatic rings. The smallest absolute Gasteiger partial charge is 0.150 e. The van der Waals surface area contributed by atoms with Crippen LogP contribution in [0.3, 0.4) is 0 Å². The second-order valence-electron chi connectivity index (χ2n) is 8.81. The summed E-state index contributed by atoms with van der Waals surface area (Å²) >= 11 is 6.03. The van der Waals surface area contributed by atoms with E-state index in [2.05, 4.69) is 27.9 Å². The molecule has 3 heterocycles. The maximum Gasteiger partial charge on any atom is 0.150 e. The summed E-state index contributed by atoms with van der Waals surface area (Å²) in [5, 5.41) is 4.81. The Labute approximate surface area is 198 Å². The van der Waals surface area contributed by atoms with Crippen molar-refractivity contribution < 1.29 is 12.9 Å². The van der Waals surface area contributed by atoms with Gasteiger partial charge in [0, 0.05) is 23.0 Å². The van der Waals surface area contributed by atoms with E-state index >= 15 is 0 Å². The van der Waals surface area contributed by atoms with Gasteiger partial charge in [0.15, 0.2) is 0 Å². The summed E-state index contributed by atoms with van der Waals surface area (Å²) in [5.41, 5.74) is 6.03. The molecule has 0 radical (unpaired) electrons. The molecule has 0 unspecified atom stereocenters. The Morgan fingerprint density at radius 3 is 2.45 bits per heavy atom. The Kier molecular flexibility index (Phi) is 5.79. The van der Waals surface area contributed by atoms with Gasteiger partial charge in [-0.2, -0.15) is 0 Å². The highest BCUT2D eigenvalue weighted by molar-refractivity contribution is 7.91. The fraction of sp³-hybridized carbons (Fsp3) is 0.360. The number of nitrogens with zero attached hydrogens (tertiary/aromatic N) is 3. The molecule has 1 aliphatic heterocycles. The van der Waals surface area contributed by atoms with Gasteiger partial charge in [-0.25, -0.2) is 13.4 Å². The van der Waals surface area contributed by atoms with Crippen molar-refractivity contribution in [2.24, 2.45) is 0 Å². The van der Waals surface area contributed by atoms with Crippen molar-refractivity contribution in [3.63, 3.8) is 0 Å². The zero-order valence-corrected chi connectivity index (χ0v) is 20.3. The van der Waals surface area contributed by atoms with Crippen molar-refractivity contribution in [1.82, 2.24) is 14.7 Å². The van der Waals surface area contributed by atoms with Crippen molar-refractivity contribution in [3.05, 3.63) is 70.3 Å². The van der Waals surface area contributed by atoms with Crippen LogP contribution >= 0.6 is 11.6 Å². The van der Waals surface area contributed by atoms with E-state index in [1.165, 1.54) is 5.56 Å². The van der Waals surface area contributed by atoms with Gasteiger partial charge in [0.05, 0.1) is 28.2 Å². The number of sulfone groups is 1. The second kappa shape index (κ2) is 8.61. The van der Waals surface area contributed by atoms with E-state index in [-0.39, 0.29) is 17.5 Å². The van der Waals surface area contributed by atoms with Crippen molar-refractivity contribution in [3.8, 4) is 11.1 Å². The van der Waals surface area contributed by atoms with Crippen LogP contribution in [-0.4, -0.2) is 34.6 Å². The van der Waals surface area contributed by atoms with Gasteiger partial charge >= 0.3 is 0 Å². The van der Waals surface area contributed by atoms with E-state index in [4.69, 9.17) is 21.1 Å². The van der Waals surface area contributed by atoms with Gasteiger partial charge in [0.1, 0.15) is 21.4 Å². The highest BCUT2D eigenvalue weighted by Crippen LogP contribution is 2.34. The van der Waals surface area contributed by atoms with Crippen LogP contribution in [0.4, 0.5) is 0 Å². The quantitative estimate of drug-likeness (QED) is 0.374. The summed E-state index contributed by atoms with van der Waals surface area (Å²) in [6.45, 7) is 3.85. The third-order valence-electron chi connectivity index (χ3n) is 6.52. The number of rotatable bonds is 5. The minimum Gasteiger partial charge on any atom is -0.361 e. The van der Waals surface area contributed by atoms with Gasteiger partial charge in [0.2, 0.25) is 0 Å². The third kappa shape index (κ3) is 4.44. The lowest BCUT2D eigenvalue weighted by Crippen LogP contribution is -2.26. The molecule has 5 rings (SSSR count). The van der Waals surface area contributed by atoms with E-state index in [1.807, 2.05) is 38.1 Å². The molecule has 0 spiro atoms. The Balaban J connectivity index is 1.54. The van der Waals surface area contributed by atoms with Crippen LogP contribution in [0.2, 0.25) is 5.02 Å². The Bertz CT molecular complexity index is 1390. The predicted octanol–water partition coefficient (Wildman–Crippen LogP) is 5.50. The first-order valence-corrected chi connectivity index (χ1v) is 13.4. The number of hydrogen-bond donors (Lipinski definition) is 0. The van der Waals surface area contributed by atoms with Crippen LogP contribution in [0.5, 0.6) is 0 Å². The maximum absolute atomic E-state index is 12.0. The average Bonchev–Trinajstić information content (AvgIpc) is 3.32. The van der Waals surface area contributed by atoms with E-state index < -0.39 is 9.84 Å². The van der Waals surface area contributed by atoms with E-state index in [0.717, 1.165) is 57.3 Å². The first kappa shape index (κ1) is 22.2. The normalized spacial score (nSPS) is 16.5. The molecular weight excluding hydrogens is 458 g/mol. The predicted molar refractivity (Wildman–Crippen MR) is 130 cm³/mol. The molecule has 0 atom stereocenters. The van der Waals surface area contributed by atoms with Crippen LogP contribution < -0.4 is 0 Å². The van der Waals surface area contributed by atoms with Crippen molar-refractivity contribution in [2.75, 3.05) is 11.5 Å². The minimum absolute atomic E-state index is 0.128. The number of imidazole rings is 1. The number of halogens is 1. The summed E-state index contributed by atoms with van der Waals surface area (Å²) in [6, 6.07) is 14.3. The minimum atomic E-state index is -2.94. The molecule has 1 saturated heterocycles. The molecule has 0 N–H and O–H groups in total. The van der Waals surface area contributed by atoms with Crippen LogP contribution in [0, 0.1) is 13.8 Å². The first-order valence-electron chi connectivity index (χ1n) is 11.2. The molecule has 6 nitrogen and oxygen atoms in total. The lowest BCUT2D eigenvalue weighted by molar-refractivity contribution is 0.393. The number of aromatic nitrogens is 3.